The first-order chi connectivity index (χ1) is 8.28. The van der Waals surface area contributed by atoms with E-state index in [2.05, 4.69) is 11.4 Å². The van der Waals surface area contributed by atoms with Crippen LogP contribution in [0.5, 0.6) is 0 Å². The van der Waals surface area contributed by atoms with E-state index in [9.17, 15) is 5.11 Å². The van der Waals surface area contributed by atoms with Crippen LogP contribution in [0.4, 0.5) is 5.69 Å². The molecule has 2 rings (SSSR count). The lowest BCUT2D eigenvalue weighted by atomic mass is 9.93. The van der Waals surface area contributed by atoms with Crippen molar-refractivity contribution in [1.29, 1.82) is 5.26 Å². The molecule has 1 fully saturated rings. The van der Waals surface area contributed by atoms with Gasteiger partial charge in [-0.15, -0.1) is 0 Å². The van der Waals surface area contributed by atoms with Gasteiger partial charge < -0.3 is 10.4 Å². The van der Waals surface area contributed by atoms with Crippen molar-refractivity contribution in [3.63, 3.8) is 0 Å². The molecule has 90 valence electrons. The fraction of sp³-hybridized carbons (Fsp3) is 0.500. The third-order valence-electron chi connectivity index (χ3n) is 3.30. The molecule has 1 aliphatic carbocycles. The zero-order valence-corrected chi connectivity index (χ0v) is 9.89. The molecule has 0 bridgehead atoms. The van der Waals surface area contributed by atoms with Crippen molar-refractivity contribution in [3.05, 3.63) is 29.8 Å². The molecule has 0 atom stereocenters. The van der Waals surface area contributed by atoms with Gasteiger partial charge in [0.05, 0.1) is 18.6 Å². The lowest BCUT2D eigenvalue weighted by molar-refractivity contribution is 0.126. The number of nitrogens with one attached hydrogen (secondary N) is 1. The summed E-state index contributed by atoms with van der Waals surface area (Å²) < 4.78 is 0. The molecule has 0 saturated heterocycles. The van der Waals surface area contributed by atoms with Crippen LogP contribution in [0.2, 0.25) is 0 Å². The quantitative estimate of drug-likeness (QED) is 0.838. The van der Waals surface area contributed by atoms with Crippen LogP contribution >= 0.6 is 0 Å². The summed E-state index contributed by atoms with van der Waals surface area (Å²) in [5, 5.41) is 21.5. The Morgan fingerprint density at radius 2 is 1.82 bits per heavy atom. The molecule has 1 saturated carbocycles. The number of nitrogens with zero attached hydrogens (tertiary/aromatic N) is 1. The second-order valence-electron chi connectivity index (χ2n) is 4.68. The van der Waals surface area contributed by atoms with Gasteiger partial charge in [-0.1, -0.05) is 12.1 Å². The largest absolute Gasteiger partial charge is 0.393 e. The van der Waals surface area contributed by atoms with E-state index in [0.717, 1.165) is 36.9 Å². The Bertz CT molecular complexity index is 386. The van der Waals surface area contributed by atoms with E-state index in [1.807, 2.05) is 24.3 Å². The van der Waals surface area contributed by atoms with Crippen LogP contribution in [0.3, 0.4) is 0 Å². The molecule has 1 aromatic rings. The van der Waals surface area contributed by atoms with Gasteiger partial charge in [-0.2, -0.15) is 5.26 Å². The summed E-state index contributed by atoms with van der Waals surface area (Å²) in [5.41, 5.74) is 2.16. The standard InChI is InChI=1S/C14H18N2O/c15-10-9-11-1-3-12(4-2-11)16-13-5-7-14(17)8-6-13/h1-4,13-14,16-17H,5-9H2. The van der Waals surface area contributed by atoms with Gasteiger partial charge in [0.25, 0.3) is 0 Å². The van der Waals surface area contributed by atoms with Crippen molar-refractivity contribution in [3.8, 4) is 6.07 Å². The van der Waals surface area contributed by atoms with Gasteiger partial charge in [0.15, 0.2) is 0 Å². The molecule has 0 amide bonds. The number of aliphatic hydroxyl groups excluding tert-OH is 1. The van der Waals surface area contributed by atoms with E-state index in [-0.39, 0.29) is 6.10 Å². The molecule has 0 heterocycles. The van der Waals surface area contributed by atoms with Crippen LogP contribution in [0.1, 0.15) is 31.2 Å². The molecule has 0 spiro atoms. The normalized spacial score (nSPS) is 24.0. The molecule has 1 aromatic carbocycles. The predicted octanol–water partition coefficient (Wildman–Crippen LogP) is 2.47. The van der Waals surface area contributed by atoms with Gasteiger partial charge in [0.2, 0.25) is 0 Å². The molecule has 0 aliphatic heterocycles. The van der Waals surface area contributed by atoms with Crippen molar-refractivity contribution in [2.75, 3.05) is 5.32 Å². The molecule has 17 heavy (non-hydrogen) atoms. The van der Waals surface area contributed by atoms with Gasteiger partial charge >= 0.3 is 0 Å². The van der Waals surface area contributed by atoms with E-state index in [4.69, 9.17) is 5.26 Å². The van der Waals surface area contributed by atoms with Crippen molar-refractivity contribution < 1.29 is 5.11 Å². The number of anilines is 1. The number of hydrogen-bond donors (Lipinski definition) is 2. The van der Waals surface area contributed by atoms with E-state index in [1.165, 1.54) is 0 Å². The average molecular weight is 230 g/mol. The molecule has 0 unspecified atom stereocenters. The fourth-order valence-electron chi connectivity index (χ4n) is 2.27. The number of benzene rings is 1. The van der Waals surface area contributed by atoms with E-state index >= 15 is 0 Å². The molecule has 1 aliphatic rings. The van der Waals surface area contributed by atoms with Crippen molar-refractivity contribution in [1.82, 2.24) is 0 Å². The highest BCUT2D eigenvalue weighted by Gasteiger charge is 2.18. The molecular weight excluding hydrogens is 212 g/mol. The Hall–Kier alpha value is -1.53. The smallest absolute Gasteiger partial charge is 0.0669 e. The summed E-state index contributed by atoms with van der Waals surface area (Å²) >= 11 is 0. The minimum absolute atomic E-state index is 0.106. The minimum atomic E-state index is -0.106. The van der Waals surface area contributed by atoms with Gasteiger partial charge in [-0.25, -0.2) is 0 Å². The summed E-state index contributed by atoms with van der Waals surface area (Å²) in [6.45, 7) is 0. The van der Waals surface area contributed by atoms with Gasteiger partial charge in [0, 0.05) is 11.7 Å². The van der Waals surface area contributed by atoms with E-state index in [1.54, 1.807) is 0 Å². The van der Waals surface area contributed by atoms with Gasteiger partial charge in [-0.3, -0.25) is 0 Å². The zero-order chi connectivity index (χ0) is 12.1. The maximum absolute atomic E-state index is 9.43. The van der Waals surface area contributed by atoms with Crippen molar-refractivity contribution >= 4 is 5.69 Å². The first-order valence-corrected chi connectivity index (χ1v) is 6.18. The minimum Gasteiger partial charge on any atom is -0.393 e. The molecule has 2 N–H and O–H groups in total. The van der Waals surface area contributed by atoms with Crippen molar-refractivity contribution in [2.24, 2.45) is 0 Å². The Balaban J connectivity index is 1.88. The molecular formula is C14H18N2O. The zero-order valence-electron chi connectivity index (χ0n) is 9.89. The highest BCUT2D eigenvalue weighted by Crippen LogP contribution is 2.22. The van der Waals surface area contributed by atoms with Crippen LogP contribution in [-0.4, -0.2) is 17.3 Å². The summed E-state index contributed by atoms with van der Waals surface area (Å²) in [7, 11) is 0. The Morgan fingerprint density at radius 3 is 2.41 bits per heavy atom. The van der Waals surface area contributed by atoms with Gasteiger partial charge in [0.1, 0.15) is 0 Å². The topological polar surface area (TPSA) is 56.0 Å². The molecule has 3 nitrogen and oxygen atoms in total. The van der Waals surface area contributed by atoms with Gasteiger partial charge in [-0.05, 0) is 43.4 Å². The Morgan fingerprint density at radius 1 is 1.18 bits per heavy atom. The summed E-state index contributed by atoms with van der Waals surface area (Å²) in [5.74, 6) is 0. The number of nitriles is 1. The fourth-order valence-corrected chi connectivity index (χ4v) is 2.27. The first-order valence-electron chi connectivity index (χ1n) is 6.18. The van der Waals surface area contributed by atoms with E-state index < -0.39 is 0 Å². The van der Waals surface area contributed by atoms with Crippen LogP contribution < -0.4 is 5.32 Å². The maximum Gasteiger partial charge on any atom is 0.0669 e. The highest BCUT2D eigenvalue weighted by molar-refractivity contribution is 5.45. The summed E-state index contributed by atoms with van der Waals surface area (Å²) in [6.07, 6.45) is 4.21. The maximum atomic E-state index is 9.43. The van der Waals surface area contributed by atoms with Crippen LogP contribution in [-0.2, 0) is 6.42 Å². The van der Waals surface area contributed by atoms with E-state index in [0.29, 0.717) is 12.5 Å². The lowest BCUT2D eigenvalue weighted by Crippen LogP contribution is -2.28. The molecule has 0 aromatic heterocycles. The summed E-state index contributed by atoms with van der Waals surface area (Å²) in [4.78, 5) is 0. The number of rotatable bonds is 3. The average Bonchev–Trinajstić information content (AvgIpc) is 2.35. The molecule has 3 heteroatoms. The van der Waals surface area contributed by atoms with Crippen molar-refractivity contribution in [2.45, 2.75) is 44.2 Å². The summed E-state index contributed by atoms with van der Waals surface area (Å²) in [6, 6.07) is 10.6. The first kappa shape index (κ1) is 11.9. The third-order valence-corrected chi connectivity index (χ3v) is 3.30. The number of aliphatic hydroxyl groups is 1. The SMILES string of the molecule is N#CCc1ccc(NC2CCC(O)CC2)cc1. The Kier molecular flexibility index (Phi) is 4.00. The highest BCUT2D eigenvalue weighted by atomic mass is 16.3. The predicted molar refractivity (Wildman–Crippen MR) is 67.6 cm³/mol. The van der Waals surface area contributed by atoms with Crippen LogP contribution in [0.25, 0.3) is 0 Å². The van der Waals surface area contributed by atoms with Crippen LogP contribution in [0.15, 0.2) is 24.3 Å². The third kappa shape index (κ3) is 3.47. The Labute approximate surface area is 102 Å². The second kappa shape index (κ2) is 5.70. The lowest BCUT2D eigenvalue weighted by Gasteiger charge is -2.27. The molecule has 0 radical (unpaired) electrons. The van der Waals surface area contributed by atoms with Crippen LogP contribution in [0, 0.1) is 11.3 Å². The number of hydrogen-bond acceptors (Lipinski definition) is 3. The second-order valence-corrected chi connectivity index (χ2v) is 4.68. The monoisotopic (exact) mass is 230 g/mol.